The average Bonchev–Trinajstić information content (AvgIpc) is 3.17. The van der Waals surface area contributed by atoms with Crippen LogP contribution in [0.15, 0.2) is 42.7 Å². The molecular weight excluding hydrogens is 340 g/mol. The lowest BCUT2D eigenvalue weighted by Crippen LogP contribution is -2.55. The van der Waals surface area contributed by atoms with Crippen molar-refractivity contribution in [2.75, 3.05) is 33.3 Å². The number of nitrogens with zero attached hydrogens (tertiary/aromatic N) is 3. The lowest BCUT2D eigenvalue weighted by Gasteiger charge is -2.39. The lowest BCUT2D eigenvalue weighted by atomic mass is 9.87. The summed E-state index contributed by atoms with van der Waals surface area (Å²) in [5.74, 6) is 0.782. The first-order chi connectivity index (χ1) is 12.1. The number of carbonyl (C=O) groups excluding carboxylic acids is 1. The molecule has 0 atom stereocenters. The van der Waals surface area contributed by atoms with Crippen LogP contribution < -0.4 is 10.1 Å². The smallest absolute Gasteiger partial charge is 0.250 e. The first-order valence-corrected chi connectivity index (χ1v) is 8.84. The van der Waals surface area contributed by atoms with Crippen molar-refractivity contribution in [3.63, 3.8) is 0 Å². The van der Waals surface area contributed by atoms with E-state index in [2.05, 4.69) is 10.4 Å². The fraction of sp³-hybridized carbons (Fsp3) is 0.444. The molecule has 2 heterocycles. The van der Waals surface area contributed by atoms with Crippen molar-refractivity contribution in [2.45, 2.75) is 18.4 Å². The van der Waals surface area contributed by atoms with Gasteiger partial charge in [0.25, 0.3) is 5.91 Å². The zero-order chi connectivity index (χ0) is 17.7. The zero-order valence-corrected chi connectivity index (χ0v) is 15.1. The Morgan fingerprint density at radius 3 is 2.88 bits per heavy atom. The van der Waals surface area contributed by atoms with Crippen molar-refractivity contribution in [1.82, 2.24) is 20.0 Å². The van der Waals surface area contributed by atoms with Crippen LogP contribution in [0.5, 0.6) is 5.75 Å². The number of hydrogen-bond donors (Lipinski definition) is 1. The van der Waals surface area contributed by atoms with E-state index in [1.807, 2.05) is 36.1 Å². The molecule has 1 N–H and O–H groups in total. The van der Waals surface area contributed by atoms with Gasteiger partial charge in [-0.05, 0) is 50.2 Å². The van der Waals surface area contributed by atoms with E-state index in [1.54, 1.807) is 23.2 Å². The summed E-state index contributed by atoms with van der Waals surface area (Å²) < 4.78 is 7.52. The van der Waals surface area contributed by atoms with Gasteiger partial charge in [-0.3, -0.25) is 9.48 Å². The molecule has 1 fully saturated rings. The topological polar surface area (TPSA) is 59.4 Å². The first-order valence-electron chi connectivity index (χ1n) is 8.47. The minimum absolute atomic E-state index is 0.0763. The molecule has 1 aliphatic rings. The molecule has 1 saturated heterocycles. The molecule has 0 aliphatic carbocycles. The van der Waals surface area contributed by atoms with Crippen LogP contribution in [0.2, 0.25) is 5.02 Å². The van der Waals surface area contributed by atoms with Gasteiger partial charge >= 0.3 is 0 Å². The van der Waals surface area contributed by atoms with Crippen LogP contribution in [-0.4, -0.2) is 53.9 Å². The highest BCUT2D eigenvalue weighted by Gasteiger charge is 2.43. The molecule has 134 valence electrons. The van der Waals surface area contributed by atoms with E-state index < -0.39 is 5.54 Å². The SMILES string of the molecule is CN(CCOc1cccc(Cl)c1)C(=O)C1(n2cccn2)CCNCC1. The highest BCUT2D eigenvalue weighted by Crippen LogP contribution is 2.29. The molecule has 1 aliphatic heterocycles. The minimum Gasteiger partial charge on any atom is -0.492 e. The Morgan fingerprint density at radius 2 is 2.20 bits per heavy atom. The van der Waals surface area contributed by atoms with Gasteiger partial charge < -0.3 is 15.0 Å². The van der Waals surface area contributed by atoms with Gasteiger partial charge in [-0.15, -0.1) is 0 Å². The quantitative estimate of drug-likeness (QED) is 0.855. The fourth-order valence-electron chi connectivity index (χ4n) is 3.22. The molecule has 0 spiro atoms. The fourth-order valence-corrected chi connectivity index (χ4v) is 3.40. The molecule has 0 saturated carbocycles. The molecule has 3 rings (SSSR count). The molecule has 1 aromatic carbocycles. The first kappa shape index (κ1) is 17.8. The van der Waals surface area contributed by atoms with Crippen molar-refractivity contribution in [3.05, 3.63) is 47.7 Å². The van der Waals surface area contributed by atoms with Gasteiger partial charge in [0.15, 0.2) is 0 Å². The van der Waals surface area contributed by atoms with Crippen molar-refractivity contribution >= 4 is 17.5 Å². The number of piperidine rings is 1. The molecular formula is C18H23ClN4O2. The normalized spacial score (nSPS) is 16.4. The number of halogens is 1. The third-order valence-electron chi connectivity index (χ3n) is 4.61. The Kier molecular flexibility index (Phi) is 5.60. The van der Waals surface area contributed by atoms with Crippen molar-refractivity contribution in [2.24, 2.45) is 0 Å². The number of nitrogens with one attached hydrogen (secondary N) is 1. The second kappa shape index (κ2) is 7.89. The summed E-state index contributed by atoms with van der Waals surface area (Å²) in [7, 11) is 1.82. The molecule has 1 amide bonds. The van der Waals surface area contributed by atoms with Gasteiger partial charge in [-0.1, -0.05) is 17.7 Å². The summed E-state index contributed by atoms with van der Waals surface area (Å²) in [6, 6.07) is 9.12. The number of amides is 1. The van der Waals surface area contributed by atoms with Crippen LogP contribution in [0, 0.1) is 0 Å². The van der Waals surface area contributed by atoms with E-state index in [0.717, 1.165) is 25.9 Å². The van der Waals surface area contributed by atoms with Crippen LogP contribution in [0.4, 0.5) is 0 Å². The number of aromatic nitrogens is 2. The van der Waals surface area contributed by atoms with Crippen LogP contribution >= 0.6 is 11.6 Å². The third kappa shape index (κ3) is 3.96. The Morgan fingerprint density at radius 1 is 1.40 bits per heavy atom. The number of rotatable bonds is 6. The maximum absolute atomic E-state index is 13.2. The van der Waals surface area contributed by atoms with E-state index in [0.29, 0.717) is 23.9 Å². The van der Waals surface area contributed by atoms with Gasteiger partial charge in [-0.25, -0.2) is 0 Å². The third-order valence-corrected chi connectivity index (χ3v) is 4.85. The summed E-state index contributed by atoms with van der Waals surface area (Å²) >= 11 is 5.95. The summed E-state index contributed by atoms with van der Waals surface area (Å²) in [6.07, 6.45) is 5.05. The van der Waals surface area contributed by atoms with Crippen LogP contribution in [0.25, 0.3) is 0 Å². The number of ether oxygens (including phenoxy) is 1. The van der Waals surface area contributed by atoms with Crippen molar-refractivity contribution < 1.29 is 9.53 Å². The predicted octanol–water partition coefficient (Wildman–Crippen LogP) is 2.15. The minimum atomic E-state index is -0.612. The molecule has 0 unspecified atom stereocenters. The van der Waals surface area contributed by atoms with E-state index in [4.69, 9.17) is 16.3 Å². The van der Waals surface area contributed by atoms with Gasteiger partial charge in [0.05, 0.1) is 6.54 Å². The maximum Gasteiger partial charge on any atom is 0.250 e. The Bertz CT molecular complexity index is 699. The standard InChI is InChI=1S/C18H23ClN4O2/c1-22(12-13-25-16-5-2-4-15(19)14-16)17(24)18(6-9-20-10-7-18)23-11-3-8-21-23/h2-5,8,11,14,20H,6-7,9-10,12-13H2,1H3. The molecule has 1 aromatic heterocycles. The van der Waals surface area contributed by atoms with Crippen molar-refractivity contribution in [1.29, 1.82) is 0 Å². The van der Waals surface area contributed by atoms with E-state index in [-0.39, 0.29) is 5.91 Å². The largest absolute Gasteiger partial charge is 0.492 e. The van der Waals surface area contributed by atoms with E-state index in [1.165, 1.54) is 0 Å². The van der Waals surface area contributed by atoms with Crippen LogP contribution in [-0.2, 0) is 10.3 Å². The zero-order valence-electron chi connectivity index (χ0n) is 14.3. The van der Waals surface area contributed by atoms with Gasteiger partial charge in [0, 0.05) is 24.5 Å². The molecule has 7 heteroatoms. The monoisotopic (exact) mass is 362 g/mol. The molecule has 2 aromatic rings. The van der Waals surface area contributed by atoms with Crippen LogP contribution in [0.3, 0.4) is 0 Å². The Hall–Kier alpha value is -2.05. The Balaban J connectivity index is 1.63. The van der Waals surface area contributed by atoms with Gasteiger partial charge in [-0.2, -0.15) is 5.10 Å². The lowest BCUT2D eigenvalue weighted by molar-refractivity contribution is -0.142. The molecule has 6 nitrogen and oxygen atoms in total. The summed E-state index contributed by atoms with van der Waals surface area (Å²) in [5.41, 5.74) is -0.612. The van der Waals surface area contributed by atoms with E-state index >= 15 is 0 Å². The summed E-state index contributed by atoms with van der Waals surface area (Å²) in [5, 5.41) is 8.30. The molecule has 0 radical (unpaired) electrons. The average molecular weight is 363 g/mol. The maximum atomic E-state index is 13.2. The predicted molar refractivity (Wildman–Crippen MR) is 96.9 cm³/mol. The summed E-state index contributed by atoms with van der Waals surface area (Å²) in [4.78, 5) is 14.9. The second-order valence-electron chi connectivity index (χ2n) is 6.26. The summed E-state index contributed by atoms with van der Waals surface area (Å²) in [6.45, 7) is 2.52. The molecule has 25 heavy (non-hydrogen) atoms. The van der Waals surface area contributed by atoms with Crippen LogP contribution in [0.1, 0.15) is 12.8 Å². The second-order valence-corrected chi connectivity index (χ2v) is 6.70. The number of hydrogen-bond acceptors (Lipinski definition) is 4. The number of benzene rings is 1. The van der Waals surface area contributed by atoms with Gasteiger partial charge in [0.1, 0.15) is 17.9 Å². The van der Waals surface area contributed by atoms with E-state index in [9.17, 15) is 4.79 Å². The number of carbonyl (C=O) groups is 1. The molecule has 0 bridgehead atoms. The highest BCUT2D eigenvalue weighted by molar-refractivity contribution is 6.30. The number of likely N-dealkylation sites (N-methyl/N-ethyl adjacent to an activating group) is 1. The Labute approximate surface area is 152 Å². The van der Waals surface area contributed by atoms with Crippen molar-refractivity contribution in [3.8, 4) is 5.75 Å². The van der Waals surface area contributed by atoms with Gasteiger partial charge in [0.2, 0.25) is 0 Å². The highest BCUT2D eigenvalue weighted by atomic mass is 35.5.